The van der Waals surface area contributed by atoms with E-state index in [1.54, 1.807) is 0 Å². The Morgan fingerprint density at radius 1 is 1.20 bits per heavy atom. The zero-order valence-corrected chi connectivity index (χ0v) is 14.0. The lowest BCUT2D eigenvalue weighted by Crippen LogP contribution is -2.17. The van der Waals surface area contributed by atoms with Gasteiger partial charge in [-0.3, -0.25) is 9.59 Å². The maximum atomic E-state index is 12.2. The number of hydrogen-bond donors (Lipinski definition) is 1. The van der Waals surface area contributed by atoms with E-state index in [-0.39, 0.29) is 24.3 Å². The maximum Gasteiger partial charge on any atom is 0.303 e. The minimum Gasteiger partial charge on any atom is -0.481 e. The quantitative estimate of drug-likeness (QED) is 0.810. The molecule has 0 aliphatic carbocycles. The number of oxazole rings is 1. The van der Waals surface area contributed by atoms with Gasteiger partial charge < -0.3 is 14.3 Å². The topological polar surface area (TPSA) is 102 Å². The van der Waals surface area contributed by atoms with Crippen LogP contribution >= 0.6 is 0 Å². The largest absolute Gasteiger partial charge is 0.481 e. The lowest BCUT2D eigenvalue weighted by atomic mass is 10.1. The molecule has 0 amide bonds. The number of carbonyl (C=O) groups excluding carboxylic acids is 1. The van der Waals surface area contributed by atoms with Crippen molar-refractivity contribution in [3.05, 3.63) is 41.9 Å². The molecule has 0 saturated heterocycles. The summed E-state index contributed by atoms with van der Waals surface area (Å²) in [5, 5.41) is 8.73. The van der Waals surface area contributed by atoms with Crippen molar-refractivity contribution >= 4 is 17.7 Å². The lowest BCUT2D eigenvalue weighted by molar-refractivity contribution is -0.136. The number of nitrogens with zero attached hydrogens (tertiary/aromatic N) is 2. The first-order valence-corrected chi connectivity index (χ1v) is 7.90. The molecule has 7 nitrogen and oxygen atoms in total. The summed E-state index contributed by atoms with van der Waals surface area (Å²) in [4.78, 5) is 31.6. The average molecular weight is 342 g/mol. The standard InChI is InChI=1S/C18H18N2O5/c1-18(2)10-24-17(20-18)14-15(11-6-4-3-5-7-11)25-16(19-14)12(21)8-9-13(22)23/h3-7H,8-10H2,1-2H3,(H,22,23). The van der Waals surface area contributed by atoms with E-state index in [1.165, 1.54) is 0 Å². The van der Waals surface area contributed by atoms with Gasteiger partial charge in [-0.2, -0.15) is 0 Å². The van der Waals surface area contributed by atoms with Crippen LogP contribution < -0.4 is 0 Å². The Kier molecular flexibility index (Phi) is 4.39. The summed E-state index contributed by atoms with van der Waals surface area (Å²) in [5.74, 6) is -0.941. The Labute approximate surface area is 144 Å². The molecular formula is C18H18N2O5. The first kappa shape index (κ1) is 16.9. The molecule has 130 valence electrons. The molecule has 3 rings (SSSR count). The maximum absolute atomic E-state index is 12.2. The van der Waals surface area contributed by atoms with Crippen LogP contribution in [0.1, 0.15) is 43.1 Å². The van der Waals surface area contributed by atoms with Crippen molar-refractivity contribution in [2.24, 2.45) is 4.99 Å². The van der Waals surface area contributed by atoms with Gasteiger partial charge >= 0.3 is 5.97 Å². The number of hydrogen-bond acceptors (Lipinski definition) is 6. The Morgan fingerprint density at radius 2 is 1.92 bits per heavy atom. The van der Waals surface area contributed by atoms with E-state index in [4.69, 9.17) is 14.3 Å². The Bertz CT molecular complexity index is 836. The second-order valence-electron chi connectivity index (χ2n) is 6.40. The number of carbonyl (C=O) groups is 2. The summed E-state index contributed by atoms with van der Waals surface area (Å²) in [5.41, 5.74) is 0.712. The van der Waals surface area contributed by atoms with Gasteiger partial charge in [0, 0.05) is 12.0 Å². The van der Waals surface area contributed by atoms with Gasteiger partial charge in [-0.1, -0.05) is 30.3 Å². The van der Waals surface area contributed by atoms with Crippen molar-refractivity contribution < 1.29 is 23.8 Å². The molecule has 0 spiro atoms. The Hall–Kier alpha value is -2.96. The van der Waals surface area contributed by atoms with Crippen LogP contribution in [0.5, 0.6) is 0 Å². The Balaban J connectivity index is 2.01. The third kappa shape index (κ3) is 3.76. The van der Waals surface area contributed by atoms with Gasteiger partial charge in [-0.25, -0.2) is 9.98 Å². The summed E-state index contributed by atoms with van der Waals surface area (Å²) >= 11 is 0. The molecule has 0 unspecified atom stereocenters. The number of benzene rings is 1. The fourth-order valence-corrected chi connectivity index (χ4v) is 2.40. The van der Waals surface area contributed by atoms with Crippen LogP contribution in [-0.2, 0) is 9.53 Å². The molecule has 0 radical (unpaired) electrons. The predicted molar refractivity (Wildman–Crippen MR) is 89.7 cm³/mol. The van der Waals surface area contributed by atoms with Crippen LogP contribution in [-0.4, -0.2) is 39.9 Å². The highest BCUT2D eigenvalue weighted by atomic mass is 16.5. The van der Waals surface area contributed by atoms with Gasteiger partial charge in [-0.15, -0.1) is 0 Å². The molecule has 0 saturated carbocycles. The molecular weight excluding hydrogens is 324 g/mol. The van der Waals surface area contributed by atoms with E-state index >= 15 is 0 Å². The van der Waals surface area contributed by atoms with Crippen LogP contribution in [0.2, 0.25) is 0 Å². The second kappa shape index (κ2) is 6.51. The van der Waals surface area contributed by atoms with E-state index in [0.717, 1.165) is 5.56 Å². The van der Waals surface area contributed by atoms with Crippen molar-refractivity contribution in [2.75, 3.05) is 6.61 Å². The van der Waals surface area contributed by atoms with Crippen molar-refractivity contribution in [1.29, 1.82) is 0 Å². The Morgan fingerprint density at radius 3 is 2.52 bits per heavy atom. The smallest absolute Gasteiger partial charge is 0.303 e. The number of aliphatic carboxylic acids is 1. The second-order valence-corrected chi connectivity index (χ2v) is 6.40. The molecule has 2 aromatic rings. The van der Waals surface area contributed by atoms with Crippen molar-refractivity contribution in [3.8, 4) is 11.3 Å². The fourth-order valence-electron chi connectivity index (χ4n) is 2.40. The number of ether oxygens (including phenoxy) is 1. The van der Waals surface area contributed by atoms with Crippen molar-refractivity contribution in [3.63, 3.8) is 0 Å². The number of carboxylic acid groups (broad SMARTS) is 1. The molecule has 7 heteroatoms. The number of Topliss-reactive ketones (excluding diaryl/α,β-unsaturated/α-hetero) is 1. The van der Waals surface area contributed by atoms with E-state index in [9.17, 15) is 9.59 Å². The van der Waals surface area contributed by atoms with Crippen LogP contribution in [0.4, 0.5) is 0 Å². The van der Waals surface area contributed by atoms with Gasteiger partial charge in [0.05, 0.1) is 12.0 Å². The number of ketones is 1. The van der Waals surface area contributed by atoms with E-state index in [1.807, 2.05) is 44.2 Å². The molecule has 0 fully saturated rings. The van der Waals surface area contributed by atoms with Gasteiger partial charge in [0.15, 0.2) is 11.5 Å². The summed E-state index contributed by atoms with van der Waals surface area (Å²) in [6, 6.07) is 9.21. The summed E-state index contributed by atoms with van der Waals surface area (Å²) < 4.78 is 11.3. The minimum atomic E-state index is -1.05. The highest BCUT2D eigenvalue weighted by molar-refractivity contribution is 6.01. The monoisotopic (exact) mass is 342 g/mol. The average Bonchev–Trinajstić information content (AvgIpc) is 3.16. The number of aromatic nitrogens is 1. The van der Waals surface area contributed by atoms with Crippen LogP contribution in [0.3, 0.4) is 0 Å². The zero-order valence-electron chi connectivity index (χ0n) is 14.0. The van der Waals surface area contributed by atoms with Crippen LogP contribution in [0.15, 0.2) is 39.7 Å². The number of carboxylic acids is 1. The summed E-state index contributed by atoms with van der Waals surface area (Å²) in [7, 11) is 0. The predicted octanol–water partition coefficient (Wildman–Crippen LogP) is 2.94. The first-order valence-electron chi connectivity index (χ1n) is 7.90. The highest BCUT2D eigenvalue weighted by Crippen LogP contribution is 2.29. The number of aliphatic imine (C=N–C) groups is 1. The van der Waals surface area contributed by atoms with Gasteiger partial charge in [0.25, 0.3) is 5.89 Å². The SMILES string of the molecule is CC1(C)COC(c2nc(C(=O)CCC(=O)O)oc2-c2ccccc2)=N1. The van der Waals surface area contributed by atoms with E-state index < -0.39 is 11.8 Å². The normalized spacial score (nSPS) is 15.5. The van der Waals surface area contributed by atoms with Gasteiger partial charge in [0.2, 0.25) is 11.7 Å². The van der Waals surface area contributed by atoms with Crippen molar-refractivity contribution in [1.82, 2.24) is 4.98 Å². The van der Waals surface area contributed by atoms with Gasteiger partial charge in [0.1, 0.15) is 6.61 Å². The highest BCUT2D eigenvalue weighted by Gasteiger charge is 2.32. The molecule has 2 heterocycles. The number of rotatable bonds is 6. The van der Waals surface area contributed by atoms with Gasteiger partial charge in [-0.05, 0) is 13.8 Å². The molecule has 0 atom stereocenters. The third-order valence-electron chi connectivity index (χ3n) is 3.64. The molecule has 25 heavy (non-hydrogen) atoms. The molecule has 0 bridgehead atoms. The lowest BCUT2D eigenvalue weighted by Gasteiger charge is -2.07. The van der Waals surface area contributed by atoms with Crippen molar-refractivity contribution in [2.45, 2.75) is 32.2 Å². The minimum absolute atomic E-state index is 0.133. The molecule has 1 aromatic heterocycles. The van der Waals surface area contributed by atoms with E-state index in [2.05, 4.69) is 9.98 Å². The molecule has 1 aliphatic rings. The molecule has 1 aliphatic heterocycles. The molecule has 1 aromatic carbocycles. The van der Waals surface area contributed by atoms with Crippen LogP contribution in [0, 0.1) is 0 Å². The fraction of sp³-hybridized carbons (Fsp3) is 0.333. The zero-order chi connectivity index (χ0) is 18.0. The summed E-state index contributed by atoms with van der Waals surface area (Å²) in [6.45, 7) is 4.27. The van der Waals surface area contributed by atoms with E-state index in [0.29, 0.717) is 24.0 Å². The molecule has 1 N–H and O–H groups in total. The summed E-state index contributed by atoms with van der Waals surface area (Å²) in [6.07, 6.45) is -0.454. The first-order chi connectivity index (χ1) is 11.9. The third-order valence-corrected chi connectivity index (χ3v) is 3.64. The van der Waals surface area contributed by atoms with Crippen LogP contribution in [0.25, 0.3) is 11.3 Å².